The molecule has 3 atom stereocenters. The maximum absolute atomic E-state index is 12.2. The molecule has 24 heavy (non-hydrogen) atoms. The van der Waals surface area contributed by atoms with Crippen molar-refractivity contribution in [3.63, 3.8) is 0 Å². The van der Waals surface area contributed by atoms with Crippen LogP contribution in [0.3, 0.4) is 0 Å². The van der Waals surface area contributed by atoms with Crippen LogP contribution in [0.4, 0.5) is 0 Å². The number of rotatable bonds is 3. The highest BCUT2D eigenvalue weighted by atomic mass is 16.2. The number of hydrogen-bond acceptors (Lipinski definition) is 3. The van der Waals surface area contributed by atoms with Crippen LogP contribution in [0.25, 0.3) is 0 Å². The van der Waals surface area contributed by atoms with E-state index in [2.05, 4.69) is 55.7 Å². The molecule has 2 aliphatic heterocycles. The van der Waals surface area contributed by atoms with Gasteiger partial charge in [0.25, 0.3) is 0 Å². The van der Waals surface area contributed by atoms with Crippen molar-refractivity contribution in [2.45, 2.75) is 64.2 Å². The lowest BCUT2D eigenvalue weighted by Crippen LogP contribution is -2.60. The van der Waals surface area contributed by atoms with E-state index in [9.17, 15) is 9.59 Å². The smallest absolute Gasteiger partial charge is 0.245 e. The van der Waals surface area contributed by atoms with Gasteiger partial charge in [-0.1, -0.05) is 45.0 Å². The van der Waals surface area contributed by atoms with Gasteiger partial charge in [-0.15, -0.1) is 0 Å². The van der Waals surface area contributed by atoms with Crippen molar-refractivity contribution in [3.8, 4) is 0 Å². The second kappa shape index (κ2) is 6.20. The third-order valence-electron chi connectivity index (χ3n) is 5.03. The predicted molar refractivity (Wildman–Crippen MR) is 93.5 cm³/mol. The molecule has 0 spiro atoms. The fourth-order valence-electron chi connectivity index (χ4n) is 3.48. The van der Waals surface area contributed by atoms with Crippen LogP contribution in [-0.4, -0.2) is 41.4 Å². The fraction of sp³-hybridized carbons (Fsp3) is 0.579. The zero-order chi connectivity index (χ0) is 17.5. The van der Waals surface area contributed by atoms with Crippen LogP contribution in [0.2, 0.25) is 0 Å². The highest BCUT2D eigenvalue weighted by Crippen LogP contribution is 2.24. The molecular weight excluding hydrogens is 302 g/mol. The van der Waals surface area contributed by atoms with E-state index in [0.29, 0.717) is 13.0 Å². The number of nitrogens with zero attached hydrogens (tertiary/aromatic N) is 1. The number of piperazine rings is 1. The Morgan fingerprint density at radius 1 is 1.21 bits per heavy atom. The van der Waals surface area contributed by atoms with Gasteiger partial charge in [0.1, 0.15) is 12.1 Å². The molecule has 0 bridgehead atoms. The molecular formula is C19H27N3O2. The third-order valence-corrected chi connectivity index (χ3v) is 5.03. The Kier molecular flexibility index (Phi) is 4.38. The number of benzene rings is 1. The minimum Gasteiger partial charge on any atom is -0.343 e. The van der Waals surface area contributed by atoms with Crippen molar-refractivity contribution >= 4 is 11.8 Å². The van der Waals surface area contributed by atoms with E-state index < -0.39 is 6.04 Å². The van der Waals surface area contributed by atoms with Crippen LogP contribution in [0.1, 0.15) is 45.2 Å². The van der Waals surface area contributed by atoms with Crippen LogP contribution in [0, 0.1) is 0 Å². The van der Waals surface area contributed by atoms with Gasteiger partial charge >= 0.3 is 0 Å². The number of fused-ring (bicyclic) bond motifs is 1. The van der Waals surface area contributed by atoms with Gasteiger partial charge in [-0.05, 0) is 29.9 Å². The molecule has 0 unspecified atom stereocenters. The lowest BCUT2D eigenvalue weighted by Gasteiger charge is -2.32. The van der Waals surface area contributed by atoms with E-state index in [4.69, 9.17) is 0 Å². The Balaban J connectivity index is 1.58. The number of carbonyl (C=O) groups excluding carboxylic acids is 2. The molecule has 2 fully saturated rings. The average Bonchev–Trinajstić information content (AvgIpc) is 2.95. The van der Waals surface area contributed by atoms with Gasteiger partial charge < -0.3 is 15.5 Å². The van der Waals surface area contributed by atoms with Gasteiger partial charge in [0, 0.05) is 19.1 Å². The molecule has 2 saturated heterocycles. The summed E-state index contributed by atoms with van der Waals surface area (Å²) in [5.74, 6) is -0.000592. The molecule has 2 N–H and O–H groups in total. The molecule has 2 heterocycles. The van der Waals surface area contributed by atoms with Crippen LogP contribution < -0.4 is 10.6 Å². The molecule has 0 radical (unpaired) electrons. The SMILES string of the molecule is C[C@H]1NC(=O)[C@@H]2C[C@H](NCc3ccc(C(C)(C)C)cc3)CN2C1=O. The molecule has 5 nitrogen and oxygen atoms in total. The summed E-state index contributed by atoms with van der Waals surface area (Å²) < 4.78 is 0. The average molecular weight is 329 g/mol. The largest absolute Gasteiger partial charge is 0.343 e. The van der Waals surface area contributed by atoms with Crippen LogP contribution in [0.5, 0.6) is 0 Å². The standard InChI is InChI=1S/C19H27N3O2/c1-12-18(24)22-11-15(9-16(22)17(23)21-12)20-10-13-5-7-14(8-6-13)19(2,3)4/h5-8,12,15-16,20H,9-11H2,1-4H3,(H,21,23)/t12-,15+,16+/m1/s1. The molecule has 2 aliphatic rings. The number of hydrogen-bond donors (Lipinski definition) is 2. The monoisotopic (exact) mass is 329 g/mol. The third kappa shape index (κ3) is 3.31. The summed E-state index contributed by atoms with van der Waals surface area (Å²) in [5.41, 5.74) is 2.70. The van der Waals surface area contributed by atoms with Gasteiger partial charge in [-0.3, -0.25) is 9.59 Å². The molecule has 3 rings (SSSR count). The second-order valence-electron chi connectivity index (χ2n) is 8.00. The molecule has 0 saturated carbocycles. The van der Waals surface area contributed by atoms with Crippen LogP contribution in [0.15, 0.2) is 24.3 Å². The van der Waals surface area contributed by atoms with Gasteiger partial charge in [0.05, 0.1) is 0 Å². The number of carbonyl (C=O) groups is 2. The van der Waals surface area contributed by atoms with E-state index >= 15 is 0 Å². The zero-order valence-electron chi connectivity index (χ0n) is 14.9. The molecule has 2 amide bonds. The van der Waals surface area contributed by atoms with Crippen LogP contribution >= 0.6 is 0 Å². The first-order chi connectivity index (χ1) is 11.3. The van der Waals surface area contributed by atoms with E-state index in [1.807, 2.05) is 0 Å². The highest BCUT2D eigenvalue weighted by molar-refractivity contribution is 5.97. The van der Waals surface area contributed by atoms with Gasteiger partial charge in [-0.25, -0.2) is 0 Å². The normalized spacial score (nSPS) is 27.2. The molecule has 0 aliphatic carbocycles. The summed E-state index contributed by atoms with van der Waals surface area (Å²) in [6.07, 6.45) is 0.685. The van der Waals surface area contributed by atoms with Crippen molar-refractivity contribution in [1.29, 1.82) is 0 Å². The van der Waals surface area contributed by atoms with E-state index in [-0.39, 0.29) is 29.3 Å². The van der Waals surface area contributed by atoms with Gasteiger partial charge in [0.2, 0.25) is 11.8 Å². The first kappa shape index (κ1) is 17.0. The first-order valence-electron chi connectivity index (χ1n) is 8.69. The van der Waals surface area contributed by atoms with Crippen LogP contribution in [-0.2, 0) is 21.5 Å². The Morgan fingerprint density at radius 2 is 1.88 bits per heavy atom. The second-order valence-corrected chi connectivity index (χ2v) is 8.00. The molecule has 130 valence electrons. The Hall–Kier alpha value is -1.88. The lowest BCUT2D eigenvalue weighted by molar-refractivity contribution is -0.146. The minimum atomic E-state index is -0.405. The van der Waals surface area contributed by atoms with Crippen molar-refractivity contribution in [2.75, 3.05) is 6.54 Å². The molecule has 1 aromatic rings. The summed E-state index contributed by atoms with van der Waals surface area (Å²) >= 11 is 0. The van der Waals surface area contributed by atoms with Gasteiger partial charge in [-0.2, -0.15) is 0 Å². The Morgan fingerprint density at radius 3 is 2.50 bits per heavy atom. The summed E-state index contributed by atoms with van der Waals surface area (Å²) in [6, 6.07) is 8.09. The summed E-state index contributed by atoms with van der Waals surface area (Å²) in [5, 5.41) is 6.25. The minimum absolute atomic E-state index is 0.0263. The summed E-state index contributed by atoms with van der Waals surface area (Å²) in [6.45, 7) is 9.73. The van der Waals surface area contributed by atoms with E-state index in [0.717, 1.165) is 6.54 Å². The first-order valence-corrected chi connectivity index (χ1v) is 8.69. The molecule has 1 aromatic carbocycles. The van der Waals surface area contributed by atoms with E-state index in [1.165, 1.54) is 11.1 Å². The quantitative estimate of drug-likeness (QED) is 0.885. The summed E-state index contributed by atoms with van der Waals surface area (Å²) in [4.78, 5) is 26.0. The predicted octanol–water partition coefficient (Wildman–Crippen LogP) is 1.56. The maximum atomic E-state index is 12.2. The topological polar surface area (TPSA) is 61.4 Å². The zero-order valence-corrected chi connectivity index (χ0v) is 14.9. The van der Waals surface area contributed by atoms with Crippen molar-refractivity contribution in [1.82, 2.24) is 15.5 Å². The Bertz CT molecular complexity index is 633. The maximum Gasteiger partial charge on any atom is 0.245 e. The van der Waals surface area contributed by atoms with Crippen molar-refractivity contribution < 1.29 is 9.59 Å². The van der Waals surface area contributed by atoms with E-state index in [1.54, 1.807) is 11.8 Å². The lowest BCUT2D eigenvalue weighted by atomic mass is 9.87. The highest BCUT2D eigenvalue weighted by Gasteiger charge is 2.44. The van der Waals surface area contributed by atoms with Crippen molar-refractivity contribution in [2.24, 2.45) is 0 Å². The number of amides is 2. The summed E-state index contributed by atoms with van der Waals surface area (Å²) in [7, 11) is 0. The molecule has 0 aromatic heterocycles. The van der Waals surface area contributed by atoms with Crippen molar-refractivity contribution in [3.05, 3.63) is 35.4 Å². The Labute approximate surface area is 143 Å². The fourth-order valence-corrected chi connectivity index (χ4v) is 3.48. The number of nitrogens with one attached hydrogen (secondary N) is 2. The van der Waals surface area contributed by atoms with Gasteiger partial charge in [0.15, 0.2) is 0 Å². The molecule has 5 heteroatoms.